The van der Waals surface area contributed by atoms with Crippen molar-refractivity contribution >= 4 is 11.6 Å². The van der Waals surface area contributed by atoms with Crippen LogP contribution in [0.15, 0.2) is 60.9 Å². The smallest absolute Gasteiger partial charge is 0.244 e. The second-order valence-electron chi connectivity index (χ2n) is 5.34. The lowest BCUT2D eigenvalue weighted by Crippen LogP contribution is -2.27. The maximum absolute atomic E-state index is 13.8. The number of primary amides is 1. The van der Waals surface area contributed by atoms with Gasteiger partial charge in [-0.1, -0.05) is 24.3 Å². The molecule has 0 saturated carbocycles. The topological polar surface area (TPSA) is 96.7 Å². The van der Waals surface area contributed by atoms with Crippen LogP contribution in [0.2, 0.25) is 0 Å². The van der Waals surface area contributed by atoms with Gasteiger partial charge in [-0.15, -0.1) is 0 Å². The van der Waals surface area contributed by atoms with Crippen molar-refractivity contribution in [1.29, 1.82) is 5.26 Å². The number of para-hydroxylation sites is 1. The molecule has 6 nitrogen and oxygen atoms in total. The Balaban J connectivity index is 1.85. The fraction of sp³-hybridized carbons (Fsp3) is 0.0556. The summed E-state index contributed by atoms with van der Waals surface area (Å²) in [5.41, 5.74) is 7.38. The van der Waals surface area contributed by atoms with Gasteiger partial charge in [0, 0.05) is 0 Å². The standard InChI is InChI=1S/C18H14FN5O/c19-15-3-1-2-4-16(15)24-11-14(10-22-24)23-17(18(21)25)13-7-5-12(9-20)6-8-13/h1-8,10-11,17,23H,(H2,21,25). The molecule has 3 rings (SSSR count). The van der Waals surface area contributed by atoms with Gasteiger partial charge in [-0.25, -0.2) is 9.07 Å². The zero-order chi connectivity index (χ0) is 17.8. The number of benzene rings is 2. The minimum atomic E-state index is -0.800. The molecule has 7 heteroatoms. The molecular weight excluding hydrogens is 321 g/mol. The van der Waals surface area contributed by atoms with Crippen molar-refractivity contribution in [3.63, 3.8) is 0 Å². The summed E-state index contributed by atoms with van der Waals surface area (Å²) in [6.07, 6.45) is 3.05. The Morgan fingerprint density at radius 3 is 2.60 bits per heavy atom. The Hall–Kier alpha value is -3.66. The van der Waals surface area contributed by atoms with Gasteiger partial charge >= 0.3 is 0 Å². The van der Waals surface area contributed by atoms with E-state index < -0.39 is 17.8 Å². The number of rotatable bonds is 5. The molecule has 0 aliphatic heterocycles. The minimum absolute atomic E-state index is 0.296. The molecule has 1 heterocycles. The molecule has 0 saturated heterocycles. The third-order valence-corrected chi connectivity index (χ3v) is 3.65. The Kier molecular flexibility index (Phi) is 4.44. The van der Waals surface area contributed by atoms with Gasteiger partial charge in [0.25, 0.3) is 0 Å². The number of nitriles is 1. The molecule has 0 spiro atoms. The number of carbonyl (C=O) groups excluding carboxylic acids is 1. The molecule has 25 heavy (non-hydrogen) atoms. The average molecular weight is 335 g/mol. The minimum Gasteiger partial charge on any atom is -0.368 e. The number of nitrogens with two attached hydrogens (primary N) is 1. The monoisotopic (exact) mass is 335 g/mol. The molecule has 2 aromatic carbocycles. The lowest BCUT2D eigenvalue weighted by Gasteiger charge is -2.15. The number of aromatic nitrogens is 2. The Labute approximate surface area is 143 Å². The number of anilines is 1. The number of nitrogens with zero attached hydrogens (tertiary/aromatic N) is 3. The molecule has 0 aliphatic rings. The van der Waals surface area contributed by atoms with E-state index >= 15 is 0 Å². The van der Waals surface area contributed by atoms with Crippen LogP contribution in [0.3, 0.4) is 0 Å². The maximum Gasteiger partial charge on any atom is 0.244 e. The van der Waals surface area contributed by atoms with Gasteiger partial charge in [-0.3, -0.25) is 4.79 Å². The zero-order valence-electron chi connectivity index (χ0n) is 13.1. The quantitative estimate of drug-likeness (QED) is 0.749. The summed E-state index contributed by atoms with van der Waals surface area (Å²) >= 11 is 0. The Bertz CT molecular complexity index is 943. The van der Waals surface area contributed by atoms with Crippen molar-refractivity contribution in [2.24, 2.45) is 5.73 Å². The average Bonchev–Trinajstić information content (AvgIpc) is 3.08. The van der Waals surface area contributed by atoms with Gasteiger partial charge in [-0.2, -0.15) is 10.4 Å². The summed E-state index contributed by atoms with van der Waals surface area (Å²) in [7, 11) is 0. The van der Waals surface area contributed by atoms with Crippen LogP contribution in [0.1, 0.15) is 17.2 Å². The summed E-state index contributed by atoms with van der Waals surface area (Å²) in [4.78, 5) is 11.8. The largest absolute Gasteiger partial charge is 0.368 e. The van der Waals surface area contributed by atoms with Crippen LogP contribution in [0, 0.1) is 17.1 Å². The van der Waals surface area contributed by atoms with Crippen LogP contribution in [0.5, 0.6) is 0 Å². The van der Waals surface area contributed by atoms with Gasteiger partial charge in [0.2, 0.25) is 5.91 Å². The first-order chi connectivity index (χ1) is 12.1. The lowest BCUT2D eigenvalue weighted by atomic mass is 10.0. The van der Waals surface area contributed by atoms with E-state index in [0.717, 1.165) is 0 Å². The van der Waals surface area contributed by atoms with Gasteiger partial charge < -0.3 is 11.1 Å². The van der Waals surface area contributed by atoms with Crippen LogP contribution >= 0.6 is 0 Å². The third-order valence-electron chi connectivity index (χ3n) is 3.65. The van der Waals surface area contributed by atoms with E-state index in [1.165, 1.54) is 16.9 Å². The van der Waals surface area contributed by atoms with Crippen LogP contribution in [0.25, 0.3) is 5.69 Å². The van der Waals surface area contributed by atoms with Gasteiger partial charge in [-0.05, 0) is 29.8 Å². The molecule has 0 aliphatic carbocycles. The second-order valence-corrected chi connectivity index (χ2v) is 5.34. The second kappa shape index (κ2) is 6.84. The van der Waals surface area contributed by atoms with Gasteiger partial charge in [0.05, 0.1) is 29.7 Å². The van der Waals surface area contributed by atoms with E-state index in [-0.39, 0.29) is 0 Å². The fourth-order valence-corrected chi connectivity index (χ4v) is 2.40. The van der Waals surface area contributed by atoms with E-state index in [2.05, 4.69) is 10.4 Å². The first-order valence-corrected chi connectivity index (χ1v) is 7.44. The number of hydrogen-bond acceptors (Lipinski definition) is 4. The Morgan fingerprint density at radius 2 is 1.96 bits per heavy atom. The van der Waals surface area contributed by atoms with E-state index in [4.69, 9.17) is 11.0 Å². The molecule has 0 radical (unpaired) electrons. The van der Waals surface area contributed by atoms with E-state index in [0.29, 0.717) is 22.5 Å². The molecule has 3 aromatic rings. The number of halogens is 1. The highest BCUT2D eigenvalue weighted by molar-refractivity contribution is 5.84. The van der Waals surface area contributed by atoms with Crippen LogP contribution in [-0.2, 0) is 4.79 Å². The van der Waals surface area contributed by atoms with Crippen LogP contribution < -0.4 is 11.1 Å². The summed E-state index contributed by atoms with van der Waals surface area (Å²) in [6, 6.07) is 14.0. The Morgan fingerprint density at radius 1 is 1.24 bits per heavy atom. The van der Waals surface area contributed by atoms with Crippen molar-refractivity contribution in [2.75, 3.05) is 5.32 Å². The molecular formula is C18H14FN5O. The number of amides is 1. The highest BCUT2D eigenvalue weighted by atomic mass is 19.1. The van der Waals surface area contributed by atoms with E-state index in [1.54, 1.807) is 48.7 Å². The molecule has 124 valence electrons. The van der Waals surface area contributed by atoms with E-state index in [1.807, 2.05) is 6.07 Å². The first kappa shape index (κ1) is 16.2. The summed E-state index contributed by atoms with van der Waals surface area (Å²) < 4.78 is 15.2. The molecule has 3 N–H and O–H groups in total. The molecule has 0 fully saturated rings. The van der Waals surface area contributed by atoms with Crippen LogP contribution in [0.4, 0.5) is 10.1 Å². The van der Waals surface area contributed by atoms with Crippen molar-refractivity contribution in [1.82, 2.24) is 9.78 Å². The lowest BCUT2D eigenvalue weighted by molar-refractivity contribution is -0.118. The predicted octanol–water partition coefficient (Wildman–Crippen LogP) is 2.52. The SMILES string of the molecule is N#Cc1ccc(C(Nc2cnn(-c3ccccc3F)c2)C(N)=O)cc1. The van der Waals surface area contributed by atoms with Crippen molar-refractivity contribution in [3.05, 3.63) is 77.9 Å². The van der Waals surface area contributed by atoms with Gasteiger partial charge in [0.1, 0.15) is 17.5 Å². The summed E-state index contributed by atoms with van der Waals surface area (Å²) in [5, 5.41) is 15.9. The van der Waals surface area contributed by atoms with E-state index in [9.17, 15) is 9.18 Å². The predicted molar refractivity (Wildman–Crippen MR) is 90.2 cm³/mol. The normalized spacial score (nSPS) is 11.5. The highest BCUT2D eigenvalue weighted by Gasteiger charge is 2.18. The highest BCUT2D eigenvalue weighted by Crippen LogP contribution is 2.21. The van der Waals surface area contributed by atoms with Gasteiger partial charge in [0.15, 0.2) is 0 Å². The summed E-state index contributed by atoms with van der Waals surface area (Å²) in [6.45, 7) is 0. The maximum atomic E-state index is 13.8. The van der Waals surface area contributed by atoms with Crippen molar-refractivity contribution in [2.45, 2.75) is 6.04 Å². The molecule has 1 amide bonds. The fourth-order valence-electron chi connectivity index (χ4n) is 2.40. The third kappa shape index (κ3) is 3.48. The van der Waals surface area contributed by atoms with Crippen LogP contribution in [-0.4, -0.2) is 15.7 Å². The molecule has 1 atom stereocenters. The number of nitrogens with one attached hydrogen (secondary N) is 1. The molecule has 1 aromatic heterocycles. The molecule has 0 bridgehead atoms. The van der Waals surface area contributed by atoms with Crippen molar-refractivity contribution < 1.29 is 9.18 Å². The molecule has 1 unspecified atom stereocenters. The first-order valence-electron chi connectivity index (χ1n) is 7.44. The number of carbonyl (C=O) groups is 1. The summed E-state index contributed by atoms with van der Waals surface area (Å²) in [5.74, 6) is -0.987. The zero-order valence-corrected chi connectivity index (χ0v) is 13.1. The van der Waals surface area contributed by atoms with Crippen molar-refractivity contribution in [3.8, 4) is 11.8 Å². The number of hydrogen-bond donors (Lipinski definition) is 2.